The molecule has 4 unspecified atom stereocenters. The number of esters is 1. The van der Waals surface area contributed by atoms with Crippen LogP contribution in [0.1, 0.15) is 40.5 Å². The van der Waals surface area contributed by atoms with Crippen molar-refractivity contribution in [2.24, 2.45) is 17.8 Å². The van der Waals surface area contributed by atoms with E-state index >= 15 is 0 Å². The smallest absolute Gasteiger partial charge is 0.333 e. The molecular formula is C13H22O2. The minimum atomic E-state index is -0.213. The summed E-state index contributed by atoms with van der Waals surface area (Å²) in [7, 11) is 0. The van der Waals surface area contributed by atoms with Crippen LogP contribution in [0.4, 0.5) is 0 Å². The lowest BCUT2D eigenvalue weighted by Crippen LogP contribution is -2.27. The fourth-order valence-corrected chi connectivity index (χ4v) is 2.35. The fourth-order valence-electron chi connectivity index (χ4n) is 2.35. The summed E-state index contributed by atoms with van der Waals surface area (Å²) in [5.74, 6) is 1.38. The summed E-state index contributed by atoms with van der Waals surface area (Å²) in [6, 6.07) is 0. The summed E-state index contributed by atoms with van der Waals surface area (Å²) in [5, 5.41) is 0. The molecule has 0 amide bonds. The Morgan fingerprint density at radius 3 is 2.33 bits per heavy atom. The number of rotatable bonds is 3. The predicted molar refractivity (Wildman–Crippen MR) is 61.4 cm³/mol. The molecule has 1 rings (SSSR count). The molecule has 0 heterocycles. The molecule has 0 N–H and O–H groups in total. The Hall–Kier alpha value is -0.790. The van der Waals surface area contributed by atoms with E-state index < -0.39 is 0 Å². The van der Waals surface area contributed by atoms with E-state index in [4.69, 9.17) is 4.74 Å². The van der Waals surface area contributed by atoms with Crippen molar-refractivity contribution in [2.75, 3.05) is 0 Å². The predicted octanol–water partition coefficient (Wildman–Crippen LogP) is 3.18. The molecule has 0 spiro atoms. The zero-order valence-corrected chi connectivity index (χ0v) is 10.2. The number of hydrogen-bond acceptors (Lipinski definition) is 2. The highest BCUT2D eigenvalue weighted by atomic mass is 16.5. The highest BCUT2D eigenvalue weighted by Gasteiger charge is 2.38. The van der Waals surface area contributed by atoms with Crippen LogP contribution in [-0.4, -0.2) is 12.1 Å². The molecule has 1 aliphatic rings. The minimum absolute atomic E-state index is 0.0794. The van der Waals surface area contributed by atoms with Crippen LogP contribution in [0.5, 0.6) is 0 Å². The average molecular weight is 210 g/mol. The van der Waals surface area contributed by atoms with Gasteiger partial charge < -0.3 is 4.74 Å². The van der Waals surface area contributed by atoms with Crippen LogP contribution in [0.3, 0.4) is 0 Å². The first kappa shape index (κ1) is 12.3. The van der Waals surface area contributed by atoms with Gasteiger partial charge in [0.1, 0.15) is 6.10 Å². The summed E-state index contributed by atoms with van der Waals surface area (Å²) < 4.78 is 5.52. The van der Waals surface area contributed by atoms with Crippen LogP contribution in [-0.2, 0) is 9.53 Å². The minimum Gasteiger partial charge on any atom is -0.458 e. The van der Waals surface area contributed by atoms with Gasteiger partial charge in [0.05, 0.1) is 0 Å². The van der Waals surface area contributed by atoms with E-state index in [1.807, 2.05) is 6.92 Å². The van der Waals surface area contributed by atoms with Gasteiger partial charge in [-0.15, -0.1) is 0 Å². The lowest BCUT2D eigenvalue weighted by Gasteiger charge is -2.21. The van der Waals surface area contributed by atoms with Crippen LogP contribution < -0.4 is 0 Å². The molecule has 1 saturated carbocycles. The van der Waals surface area contributed by atoms with Gasteiger partial charge in [0.2, 0.25) is 0 Å². The van der Waals surface area contributed by atoms with E-state index in [1.165, 1.54) is 0 Å². The van der Waals surface area contributed by atoms with Gasteiger partial charge in [-0.25, -0.2) is 4.79 Å². The Morgan fingerprint density at radius 1 is 1.33 bits per heavy atom. The molecule has 15 heavy (non-hydrogen) atoms. The maximum absolute atomic E-state index is 11.6. The molecule has 0 saturated heterocycles. The van der Waals surface area contributed by atoms with E-state index in [2.05, 4.69) is 27.4 Å². The van der Waals surface area contributed by atoms with Crippen molar-refractivity contribution in [1.29, 1.82) is 0 Å². The van der Waals surface area contributed by atoms with E-state index in [0.717, 1.165) is 6.42 Å². The monoisotopic (exact) mass is 210 g/mol. The van der Waals surface area contributed by atoms with E-state index in [9.17, 15) is 4.79 Å². The molecule has 1 aliphatic carbocycles. The largest absolute Gasteiger partial charge is 0.458 e. The van der Waals surface area contributed by atoms with Gasteiger partial charge in [-0.05, 0) is 30.6 Å². The highest BCUT2D eigenvalue weighted by Crippen LogP contribution is 2.38. The third-order valence-corrected chi connectivity index (χ3v) is 3.68. The fraction of sp³-hybridized carbons (Fsp3) is 0.769. The van der Waals surface area contributed by atoms with E-state index in [1.54, 1.807) is 0 Å². The first-order chi connectivity index (χ1) is 6.97. The van der Waals surface area contributed by atoms with Crippen LogP contribution in [0.25, 0.3) is 0 Å². The Morgan fingerprint density at radius 2 is 1.93 bits per heavy atom. The summed E-state index contributed by atoms with van der Waals surface area (Å²) in [6.07, 6.45) is 1.90. The summed E-state index contributed by atoms with van der Waals surface area (Å²) in [5.41, 5.74) is 0.578. The Kier molecular flexibility index (Phi) is 3.95. The van der Waals surface area contributed by atoms with Crippen molar-refractivity contribution in [1.82, 2.24) is 0 Å². The third kappa shape index (κ3) is 2.61. The number of ether oxygens (including phenoxy) is 1. The van der Waals surface area contributed by atoms with E-state index in [0.29, 0.717) is 29.7 Å². The van der Waals surface area contributed by atoms with Crippen LogP contribution in [0.2, 0.25) is 0 Å². The molecule has 0 radical (unpaired) electrons. The van der Waals surface area contributed by atoms with Crippen molar-refractivity contribution in [3.63, 3.8) is 0 Å². The maximum atomic E-state index is 11.6. The molecule has 0 aromatic rings. The molecule has 0 aliphatic heterocycles. The zero-order chi connectivity index (χ0) is 11.6. The van der Waals surface area contributed by atoms with Crippen LogP contribution >= 0.6 is 0 Å². The molecule has 0 aromatic carbocycles. The van der Waals surface area contributed by atoms with Gasteiger partial charge in [0, 0.05) is 5.57 Å². The summed E-state index contributed by atoms with van der Waals surface area (Å²) >= 11 is 0. The number of hydrogen-bond donors (Lipinski definition) is 0. The number of carbonyl (C=O) groups excluding carboxylic acids is 1. The second kappa shape index (κ2) is 4.82. The SMILES string of the molecule is C=C(CC)C(=O)OC1C(C)CC(C)C1C. The van der Waals surface area contributed by atoms with Crippen molar-refractivity contribution in [3.8, 4) is 0 Å². The quantitative estimate of drug-likeness (QED) is 0.528. The Labute approximate surface area is 92.7 Å². The summed E-state index contributed by atoms with van der Waals surface area (Å²) in [6.45, 7) is 12.2. The normalized spacial score (nSPS) is 35.2. The van der Waals surface area contributed by atoms with Crippen molar-refractivity contribution >= 4 is 5.97 Å². The highest BCUT2D eigenvalue weighted by molar-refractivity contribution is 5.87. The topological polar surface area (TPSA) is 26.3 Å². The first-order valence-electron chi connectivity index (χ1n) is 5.86. The van der Waals surface area contributed by atoms with Gasteiger partial charge >= 0.3 is 5.97 Å². The van der Waals surface area contributed by atoms with Gasteiger partial charge in [-0.3, -0.25) is 0 Å². The molecule has 2 nitrogen and oxygen atoms in total. The lowest BCUT2D eigenvalue weighted by atomic mass is 9.99. The van der Waals surface area contributed by atoms with Crippen molar-refractivity contribution in [3.05, 3.63) is 12.2 Å². The summed E-state index contributed by atoms with van der Waals surface area (Å²) in [4.78, 5) is 11.6. The molecule has 2 heteroatoms. The van der Waals surface area contributed by atoms with Gasteiger partial charge in [-0.1, -0.05) is 34.3 Å². The second-order valence-corrected chi connectivity index (χ2v) is 4.88. The molecule has 86 valence electrons. The van der Waals surface area contributed by atoms with Gasteiger partial charge in [0.15, 0.2) is 0 Å². The Balaban J connectivity index is 2.58. The number of carbonyl (C=O) groups is 1. The van der Waals surface area contributed by atoms with Gasteiger partial charge in [0.25, 0.3) is 0 Å². The molecule has 1 fully saturated rings. The molecular weight excluding hydrogens is 188 g/mol. The zero-order valence-electron chi connectivity index (χ0n) is 10.2. The molecule has 4 atom stereocenters. The van der Waals surface area contributed by atoms with Crippen molar-refractivity contribution in [2.45, 2.75) is 46.6 Å². The van der Waals surface area contributed by atoms with Crippen LogP contribution in [0, 0.1) is 17.8 Å². The standard InChI is InChI=1S/C13H22O2/c1-6-8(2)13(14)15-12-10(4)7-9(3)11(12)5/h9-12H,2,6-7H2,1,3-5H3. The molecule has 0 bridgehead atoms. The molecule has 0 aromatic heterocycles. The average Bonchev–Trinajstić information content (AvgIpc) is 2.43. The first-order valence-corrected chi connectivity index (χ1v) is 5.86. The van der Waals surface area contributed by atoms with E-state index in [-0.39, 0.29) is 12.1 Å². The lowest BCUT2D eigenvalue weighted by molar-refractivity contribution is -0.148. The van der Waals surface area contributed by atoms with Crippen LogP contribution in [0.15, 0.2) is 12.2 Å². The Bertz CT molecular complexity index is 257. The van der Waals surface area contributed by atoms with Gasteiger partial charge in [-0.2, -0.15) is 0 Å². The maximum Gasteiger partial charge on any atom is 0.333 e. The second-order valence-electron chi connectivity index (χ2n) is 4.88. The van der Waals surface area contributed by atoms with Crippen molar-refractivity contribution < 1.29 is 9.53 Å². The third-order valence-electron chi connectivity index (χ3n) is 3.68.